The van der Waals surface area contributed by atoms with Crippen LogP contribution in [0.15, 0.2) is 22.5 Å². The summed E-state index contributed by atoms with van der Waals surface area (Å²) in [5.41, 5.74) is 0.372. The van der Waals surface area contributed by atoms with Crippen LogP contribution in [0.5, 0.6) is 0 Å². The lowest BCUT2D eigenvalue weighted by Gasteiger charge is -2.10. The Morgan fingerprint density at radius 2 is 2.07 bits per heavy atom. The maximum atomic E-state index is 12.4. The van der Waals surface area contributed by atoms with Gasteiger partial charge in [0.2, 0.25) is 11.0 Å². The number of nitro groups is 1. The molecule has 0 radical (unpaired) electrons. The van der Waals surface area contributed by atoms with Gasteiger partial charge in [0, 0.05) is 23.2 Å². The molecule has 0 unspecified atom stereocenters. The van der Waals surface area contributed by atoms with Crippen molar-refractivity contribution in [2.45, 2.75) is 43.0 Å². The Bertz CT molecular complexity index is 895. The first kappa shape index (κ1) is 20.2. The summed E-state index contributed by atoms with van der Waals surface area (Å²) in [6, 6.07) is 4.60. The van der Waals surface area contributed by atoms with E-state index in [9.17, 15) is 19.7 Å². The van der Waals surface area contributed by atoms with Gasteiger partial charge in [0.1, 0.15) is 0 Å². The largest absolute Gasteiger partial charge is 0.353 e. The van der Waals surface area contributed by atoms with Gasteiger partial charge in [-0.2, -0.15) is 0 Å². The van der Waals surface area contributed by atoms with E-state index < -0.39 is 10.8 Å². The van der Waals surface area contributed by atoms with Gasteiger partial charge in [0.05, 0.1) is 10.7 Å². The van der Waals surface area contributed by atoms with E-state index >= 15 is 0 Å². The SMILES string of the molecule is Cc1c(C(=O)Nc2nnc(SCC(=O)NC3CCCC3)s2)cccc1[N+](=O)[O-]. The van der Waals surface area contributed by atoms with Gasteiger partial charge in [-0.1, -0.05) is 42.0 Å². The van der Waals surface area contributed by atoms with Crippen molar-refractivity contribution in [2.75, 3.05) is 11.1 Å². The molecule has 2 aromatic rings. The Morgan fingerprint density at radius 1 is 1.32 bits per heavy atom. The van der Waals surface area contributed by atoms with Crippen molar-refractivity contribution < 1.29 is 14.5 Å². The van der Waals surface area contributed by atoms with Crippen molar-refractivity contribution in [3.63, 3.8) is 0 Å². The molecule has 1 aliphatic rings. The van der Waals surface area contributed by atoms with E-state index in [0.29, 0.717) is 4.34 Å². The molecule has 1 aromatic heterocycles. The highest BCUT2D eigenvalue weighted by atomic mass is 32.2. The van der Waals surface area contributed by atoms with Gasteiger partial charge < -0.3 is 5.32 Å². The number of rotatable bonds is 7. The number of anilines is 1. The Morgan fingerprint density at radius 3 is 2.79 bits per heavy atom. The molecule has 148 valence electrons. The van der Waals surface area contributed by atoms with Gasteiger partial charge in [-0.3, -0.25) is 25.0 Å². The van der Waals surface area contributed by atoms with Crippen molar-refractivity contribution in [3.05, 3.63) is 39.4 Å². The molecule has 28 heavy (non-hydrogen) atoms. The Balaban J connectivity index is 1.55. The fraction of sp³-hybridized carbons (Fsp3) is 0.412. The molecule has 1 saturated carbocycles. The molecule has 2 amide bonds. The minimum atomic E-state index is -0.525. The third-order valence-corrected chi connectivity index (χ3v) is 6.39. The van der Waals surface area contributed by atoms with Crippen LogP contribution in [0.25, 0.3) is 0 Å². The van der Waals surface area contributed by atoms with E-state index in [1.54, 1.807) is 0 Å². The average Bonchev–Trinajstić information content (AvgIpc) is 3.32. The molecule has 2 N–H and O–H groups in total. The Labute approximate surface area is 169 Å². The molecule has 1 aromatic carbocycles. The predicted octanol–water partition coefficient (Wildman–Crippen LogP) is 3.16. The van der Waals surface area contributed by atoms with Crippen LogP contribution in [0.4, 0.5) is 10.8 Å². The van der Waals surface area contributed by atoms with Crippen LogP contribution >= 0.6 is 23.1 Å². The highest BCUT2D eigenvalue weighted by Crippen LogP contribution is 2.27. The minimum Gasteiger partial charge on any atom is -0.353 e. The fourth-order valence-electron chi connectivity index (χ4n) is 3.02. The number of hydrogen-bond donors (Lipinski definition) is 2. The number of hydrogen-bond acceptors (Lipinski definition) is 8. The van der Waals surface area contributed by atoms with Crippen LogP contribution in [0.1, 0.15) is 41.6 Å². The standard InChI is InChI=1S/C17H19N5O4S2/c1-10-12(7-4-8-13(10)22(25)26)15(24)19-16-20-21-17(28-16)27-9-14(23)18-11-5-2-3-6-11/h4,7-8,11H,2-3,5-6,9H2,1H3,(H,18,23)(H,19,20,24). The Hall–Kier alpha value is -2.53. The molecular weight excluding hydrogens is 402 g/mol. The van der Waals surface area contributed by atoms with E-state index in [2.05, 4.69) is 20.8 Å². The maximum Gasteiger partial charge on any atom is 0.273 e. The van der Waals surface area contributed by atoms with Crippen molar-refractivity contribution in [1.82, 2.24) is 15.5 Å². The zero-order valence-electron chi connectivity index (χ0n) is 15.1. The quantitative estimate of drug-likeness (QED) is 0.304. The lowest BCUT2D eigenvalue weighted by molar-refractivity contribution is -0.385. The smallest absolute Gasteiger partial charge is 0.273 e. The third-order valence-electron chi connectivity index (χ3n) is 4.42. The van der Waals surface area contributed by atoms with Crippen molar-refractivity contribution in [2.24, 2.45) is 0 Å². The average molecular weight is 422 g/mol. The molecule has 0 bridgehead atoms. The van der Waals surface area contributed by atoms with Crippen molar-refractivity contribution in [3.8, 4) is 0 Å². The number of benzene rings is 1. The van der Waals surface area contributed by atoms with E-state index in [4.69, 9.17) is 0 Å². The molecule has 11 heteroatoms. The van der Waals surface area contributed by atoms with Crippen LogP contribution in [0.2, 0.25) is 0 Å². The molecule has 0 atom stereocenters. The van der Waals surface area contributed by atoms with Gasteiger partial charge in [-0.05, 0) is 25.8 Å². The minimum absolute atomic E-state index is 0.0371. The molecule has 9 nitrogen and oxygen atoms in total. The van der Waals surface area contributed by atoms with Gasteiger partial charge >= 0.3 is 0 Å². The zero-order chi connectivity index (χ0) is 20.1. The number of aromatic nitrogens is 2. The Kier molecular flexibility index (Phi) is 6.57. The summed E-state index contributed by atoms with van der Waals surface area (Å²) in [6.45, 7) is 1.53. The van der Waals surface area contributed by atoms with Crippen molar-refractivity contribution in [1.29, 1.82) is 0 Å². The summed E-state index contributed by atoms with van der Waals surface area (Å²) < 4.78 is 0.563. The highest BCUT2D eigenvalue weighted by molar-refractivity contribution is 8.01. The number of nitrogens with one attached hydrogen (secondary N) is 2. The first-order chi connectivity index (χ1) is 13.4. The van der Waals surface area contributed by atoms with Crippen LogP contribution in [-0.4, -0.2) is 38.7 Å². The van der Waals surface area contributed by atoms with Crippen LogP contribution in [-0.2, 0) is 4.79 Å². The van der Waals surface area contributed by atoms with Crippen LogP contribution < -0.4 is 10.6 Å². The second-order valence-electron chi connectivity index (χ2n) is 6.37. The van der Waals surface area contributed by atoms with Crippen molar-refractivity contribution >= 4 is 45.7 Å². The number of amides is 2. The molecular formula is C17H19N5O4S2. The first-order valence-electron chi connectivity index (χ1n) is 8.75. The molecule has 0 spiro atoms. The molecule has 1 heterocycles. The van der Waals surface area contributed by atoms with Gasteiger partial charge in [0.25, 0.3) is 11.6 Å². The zero-order valence-corrected chi connectivity index (χ0v) is 16.8. The molecule has 1 aliphatic carbocycles. The predicted molar refractivity (Wildman–Crippen MR) is 107 cm³/mol. The summed E-state index contributed by atoms with van der Waals surface area (Å²) in [4.78, 5) is 34.9. The second-order valence-corrected chi connectivity index (χ2v) is 8.57. The number of nitrogens with zero attached hydrogens (tertiary/aromatic N) is 3. The lowest BCUT2D eigenvalue weighted by atomic mass is 10.1. The lowest BCUT2D eigenvalue weighted by Crippen LogP contribution is -2.33. The molecule has 1 fully saturated rings. The van der Waals surface area contributed by atoms with Crippen LogP contribution in [0.3, 0.4) is 0 Å². The van der Waals surface area contributed by atoms with E-state index in [0.717, 1.165) is 37.0 Å². The number of nitro benzene ring substituents is 1. The summed E-state index contributed by atoms with van der Waals surface area (Å²) >= 11 is 2.41. The normalized spacial score (nSPS) is 14.0. The third kappa shape index (κ3) is 5.04. The summed E-state index contributed by atoms with van der Waals surface area (Å²) in [5.74, 6) is -0.291. The monoisotopic (exact) mass is 421 g/mol. The van der Waals surface area contributed by atoms with E-state index in [1.807, 2.05) is 0 Å². The first-order valence-corrected chi connectivity index (χ1v) is 10.6. The number of carbonyl (C=O) groups excluding carboxylic acids is 2. The van der Waals surface area contributed by atoms with Gasteiger partial charge in [-0.25, -0.2) is 0 Å². The van der Waals surface area contributed by atoms with E-state index in [1.165, 1.54) is 36.9 Å². The molecule has 3 rings (SSSR count). The topological polar surface area (TPSA) is 127 Å². The molecule has 0 saturated heterocycles. The second kappa shape index (κ2) is 9.11. The fourth-order valence-corrected chi connectivity index (χ4v) is 4.58. The van der Waals surface area contributed by atoms with Gasteiger partial charge in [0.15, 0.2) is 4.34 Å². The number of thioether (sulfide) groups is 1. The summed E-state index contributed by atoms with van der Waals surface area (Å²) in [5, 5.41) is 24.8. The summed E-state index contributed by atoms with van der Waals surface area (Å²) in [7, 11) is 0. The van der Waals surface area contributed by atoms with Gasteiger partial charge in [-0.15, -0.1) is 10.2 Å². The van der Waals surface area contributed by atoms with Crippen LogP contribution in [0, 0.1) is 17.0 Å². The summed E-state index contributed by atoms with van der Waals surface area (Å²) in [6.07, 6.45) is 4.37. The number of carbonyl (C=O) groups is 2. The molecule has 0 aliphatic heterocycles. The maximum absolute atomic E-state index is 12.4. The van der Waals surface area contributed by atoms with E-state index in [-0.39, 0.29) is 39.6 Å². The highest BCUT2D eigenvalue weighted by Gasteiger charge is 2.20.